The minimum Gasteiger partial charge on any atom is -0.390 e. The van der Waals surface area contributed by atoms with Gasteiger partial charge < -0.3 is 9.84 Å². The van der Waals surface area contributed by atoms with E-state index < -0.39 is 0 Å². The normalized spacial score (nSPS) is 28.4. The van der Waals surface area contributed by atoms with Gasteiger partial charge in [0.25, 0.3) is 0 Å². The molecule has 2 atom stereocenters. The highest BCUT2D eigenvalue weighted by Gasteiger charge is 2.26. The number of aliphatic hydroxyl groups is 1. The molecule has 1 rings (SSSR count). The van der Waals surface area contributed by atoms with Crippen molar-refractivity contribution < 1.29 is 9.84 Å². The molecule has 0 aromatic rings. The molecule has 0 bridgehead atoms. The Hall–Kier alpha value is -0.0800. The van der Waals surface area contributed by atoms with Crippen LogP contribution in [0.5, 0.6) is 0 Å². The van der Waals surface area contributed by atoms with Gasteiger partial charge in [-0.25, -0.2) is 0 Å². The first-order chi connectivity index (χ1) is 9.05. The lowest BCUT2D eigenvalue weighted by Gasteiger charge is -2.33. The van der Waals surface area contributed by atoms with Crippen molar-refractivity contribution >= 4 is 0 Å². The lowest BCUT2D eigenvalue weighted by molar-refractivity contribution is -0.125. The summed E-state index contributed by atoms with van der Waals surface area (Å²) < 4.78 is 6.19. The van der Waals surface area contributed by atoms with Crippen LogP contribution in [0.25, 0.3) is 0 Å². The average molecular weight is 270 g/mol. The van der Waals surface area contributed by atoms with Crippen LogP contribution in [0.2, 0.25) is 0 Å². The fraction of sp³-hybridized carbons (Fsp3) is 1.00. The van der Waals surface area contributed by atoms with E-state index in [0.717, 1.165) is 25.7 Å². The molecule has 1 aliphatic carbocycles. The molecule has 0 heterocycles. The van der Waals surface area contributed by atoms with Crippen LogP contribution in [0.3, 0.4) is 0 Å². The van der Waals surface area contributed by atoms with Gasteiger partial charge in [0.2, 0.25) is 0 Å². The first-order valence-electron chi connectivity index (χ1n) is 8.41. The maximum Gasteiger partial charge on any atom is 0.0841 e. The van der Waals surface area contributed by atoms with Gasteiger partial charge in [0.15, 0.2) is 0 Å². The van der Waals surface area contributed by atoms with E-state index in [1.54, 1.807) is 0 Å². The van der Waals surface area contributed by atoms with Crippen molar-refractivity contribution in [2.24, 2.45) is 0 Å². The van der Waals surface area contributed by atoms with Gasteiger partial charge >= 0.3 is 0 Å². The van der Waals surface area contributed by atoms with Gasteiger partial charge in [-0.3, -0.25) is 0 Å². The van der Waals surface area contributed by atoms with Gasteiger partial charge in [0, 0.05) is 0 Å². The Morgan fingerprint density at radius 3 is 1.89 bits per heavy atom. The number of hydrogen-bond donors (Lipinski definition) is 1. The van der Waals surface area contributed by atoms with Crippen LogP contribution in [0.1, 0.15) is 91.4 Å². The second-order valence-corrected chi connectivity index (χ2v) is 6.74. The molecule has 0 spiro atoms. The lowest BCUT2D eigenvalue weighted by Crippen LogP contribution is -2.37. The lowest BCUT2D eigenvalue weighted by atomic mass is 9.96. The molecule has 0 aromatic carbocycles. The largest absolute Gasteiger partial charge is 0.390 e. The van der Waals surface area contributed by atoms with Gasteiger partial charge in [-0.2, -0.15) is 0 Å². The zero-order chi connectivity index (χ0) is 14.1. The van der Waals surface area contributed by atoms with Crippen molar-refractivity contribution in [3.8, 4) is 0 Å². The van der Waals surface area contributed by atoms with Gasteiger partial charge in [0.1, 0.15) is 0 Å². The molecular formula is C17H34O2. The van der Waals surface area contributed by atoms with Crippen LogP contribution in [-0.4, -0.2) is 22.9 Å². The summed E-state index contributed by atoms with van der Waals surface area (Å²) in [7, 11) is 0. The Balaban J connectivity index is 2.50. The number of rotatable bonds is 3. The van der Waals surface area contributed by atoms with Crippen LogP contribution in [0, 0.1) is 0 Å². The number of ether oxygens (including phenoxy) is 1. The molecule has 2 heteroatoms. The third kappa shape index (κ3) is 7.31. The summed E-state index contributed by atoms with van der Waals surface area (Å²) in [5.74, 6) is 0. The van der Waals surface area contributed by atoms with Gasteiger partial charge in [-0.15, -0.1) is 0 Å². The topological polar surface area (TPSA) is 29.5 Å². The van der Waals surface area contributed by atoms with Gasteiger partial charge in [0.05, 0.1) is 17.8 Å². The summed E-state index contributed by atoms with van der Waals surface area (Å²) in [6, 6.07) is 0. The summed E-state index contributed by atoms with van der Waals surface area (Å²) in [5.41, 5.74) is -0.108. The smallest absolute Gasteiger partial charge is 0.0841 e. The fourth-order valence-corrected chi connectivity index (χ4v) is 2.77. The highest BCUT2D eigenvalue weighted by atomic mass is 16.5. The fourth-order valence-electron chi connectivity index (χ4n) is 2.77. The van der Waals surface area contributed by atoms with Crippen LogP contribution in [0.15, 0.2) is 0 Å². The zero-order valence-electron chi connectivity index (χ0n) is 13.3. The van der Waals surface area contributed by atoms with E-state index in [2.05, 4.69) is 20.8 Å². The Bertz CT molecular complexity index is 225. The molecule has 1 saturated carbocycles. The predicted molar refractivity (Wildman–Crippen MR) is 81.4 cm³/mol. The quantitative estimate of drug-likeness (QED) is 0.795. The van der Waals surface area contributed by atoms with Crippen molar-refractivity contribution in [2.45, 2.75) is 109 Å². The summed E-state index contributed by atoms with van der Waals surface area (Å²) in [6.07, 6.45) is 13.0. The van der Waals surface area contributed by atoms with E-state index >= 15 is 0 Å². The van der Waals surface area contributed by atoms with Gasteiger partial charge in [-0.1, -0.05) is 58.3 Å². The van der Waals surface area contributed by atoms with Crippen molar-refractivity contribution in [3.63, 3.8) is 0 Å². The Morgan fingerprint density at radius 1 is 0.895 bits per heavy atom. The molecule has 1 N–H and O–H groups in total. The van der Waals surface area contributed by atoms with E-state index in [0.29, 0.717) is 0 Å². The van der Waals surface area contributed by atoms with E-state index in [-0.39, 0.29) is 17.8 Å². The molecule has 0 aromatic heterocycles. The maximum absolute atomic E-state index is 10.4. The number of hydrogen-bond acceptors (Lipinski definition) is 2. The molecule has 0 amide bonds. The van der Waals surface area contributed by atoms with Crippen LogP contribution < -0.4 is 0 Å². The standard InChI is InChI=1S/C17H34O2/c1-4-17(2,3)19-16-14-12-10-8-6-5-7-9-11-13-15(16)18/h15-16,18H,4-14H2,1-3H3. The molecule has 1 aliphatic rings. The van der Waals surface area contributed by atoms with Crippen LogP contribution in [0.4, 0.5) is 0 Å². The maximum atomic E-state index is 10.4. The minimum absolute atomic E-state index is 0.0365. The summed E-state index contributed by atoms with van der Waals surface area (Å²) in [6.45, 7) is 6.42. The average Bonchev–Trinajstić information content (AvgIpc) is 2.37. The monoisotopic (exact) mass is 270 g/mol. The number of aliphatic hydroxyl groups excluding tert-OH is 1. The third-order valence-corrected chi connectivity index (χ3v) is 4.49. The molecule has 2 unspecified atom stereocenters. The second-order valence-electron chi connectivity index (χ2n) is 6.74. The molecule has 0 aliphatic heterocycles. The zero-order valence-corrected chi connectivity index (χ0v) is 13.3. The van der Waals surface area contributed by atoms with Crippen molar-refractivity contribution in [2.75, 3.05) is 0 Å². The molecule has 2 nitrogen and oxygen atoms in total. The minimum atomic E-state index is -0.273. The van der Waals surface area contributed by atoms with Crippen LogP contribution >= 0.6 is 0 Å². The summed E-state index contributed by atoms with van der Waals surface area (Å²) in [5, 5.41) is 10.4. The SMILES string of the molecule is CCC(C)(C)OC1CCCCCCCCCCC1O. The van der Waals surface area contributed by atoms with Gasteiger partial charge in [-0.05, 0) is 33.1 Å². The first kappa shape index (κ1) is 17.0. The molecular weight excluding hydrogens is 236 g/mol. The molecule has 0 saturated heterocycles. The summed E-state index contributed by atoms with van der Waals surface area (Å²) >= 11 is 0. The highest BCUT2D eigenvalue weighted by molar-refractivity contribution is 4.76. The molecule has 1 fully saturated rings. The van der Waals surface area contributed by atoms with E-state index in [1.165, 1.54) is 44.9 Å². The predicted octanol–water partition coefficient (Wildman–Crippen LogP) is 4.84. The van der Waals surface area contributed by atoms with Crippen molar-refractivity contribution in [3.05, 3.63) is 0 Å². The third-order valence-electron chi connectivity index (χ3n) is 4.49. The van der Waals surface area contributed by atoms with Crippen molar-refractivity contribution in [1.82, 2.24) is 0 Å². The highest BCUT2D eigenvalue weighted by Crippen LogP contribution is 2.24. The molecule has 0 radical (unpaired) electrons. The van der Waals surface area contributed by atoms with E-state index in [4.69, 9.17) is 4.74 Å². The summed E-state index contributed by atoms with van der Waals surface area (Å²) in [4.78, 5) is 0. The Morgan fingerprint density at radius 2 is 1.37 bits per heavy atom. The van der Waals surface area contributed by atoms with Crippen molar-refractivity contribution in [1.29, 1.82) is 0 Å². The Kier molecular flexibility index (Phi) is 8.01. The molecule has 19 heavy (non-hydrogen) atoms. The van der Waals surface area contributed by atoms with E-state index in [1.807, 2.05) is 0 Å². The second kappa shape index (κ2) is 8.97. The van der Waals surface area contributed by atoms with Crippen LogP contribution in [-0.2, 0) is 4.74 Å². The Labute approximate surface area is 119 Å². The first-order valence-corrected chi connectivity index (χ1v) is 8.41. The molecule has 114 valence electrons. The van der Waals surface area contributed by atoms with E-state index in [9.17, 15) is 5.11 Å².